The molecule has 3 aromatic rings. The summed E-state index contributed by atoms with van der Waals surface area (Å²) in [6, 6.07) is 12.1. The highest BCUT2D eigenvalue weighted by Gasteiger charge is 2.15. The highest BCUT2D eigenvalue weighted by molar-refractivity contribution is 5.88. The number of fused-ring (bicyclic) bond motifs is 1. The van der Waals surface area contributed by atoms with Gasteiger partial charge in [-0.15, -0.1) is 0 Å². The number of esters is 1. The van der Waals surface area contributed by atoms with E-state index in [1.165, 1.54) is 13.2 Å². The molecule has 6 heteroatoms. The first kappa shape index (κ1) is 17.7. The lowest BCUT2D eigenvalue weighted by Gasteiger charge is -2.10. The Bertz CT molecular complexity index is 1000. The number of hydrogen-bond acceptors (Lipinski definition) is 6. The Balaban J connectivity index is 2.05. The molecule has 0 aliphatic carbocycles. The van der Waals surface area contributed by atoms with Crippen molar-refractivity contribution in [3.05, 3.63) is 58.4 Å². The van der Waals surface area contributed by atoms with Crippen LogP contribution in [-0.2, 0) is 9.53 Å². The molecule has 3 rings (SSSR count). The van der Waals surface area contributed by atoms with Crippen LogP contribution in [0.15, 0.2) is 51.7 Å². The van der Waals surface area contributed by atoms with Gasteiger partial charge in [0.2, 0.25) is 0 Å². The van der Waals surface area contributed by atoms with E-state index < -0.39 is 11.6 Å². The molecule has 6 nitrogen and oxygen atoms in total. The minimum absolute atomic E-state index is 0.155. The number of ether oxygens (including phenoxy) is 3. The Kier molecular flexibility index (Phi) is 5.04. The first-order chi connectivity index (χ1) is 12.5. The molecule has 134 valence electrons. The lowest BCUT2D eigenvalue weighted by molar-refractivity contribution is -0.138. The second-order valence-electron chi connectivity index (χ2n) is 5.68. The number of hydrogen-bond donors (Lipinski definition) is 0. The van der Waals surface area contributed by atoms with Crippen LogP contribution >= 0.6 is 0 Å². The van der Waals surface area contributed by atoms with Crippen LogP contribution in [0.5, 0.6) is 11.5 Å². The second kappa shape index (κ2) is 7.41. The molecule has 0 N–H and O–H groups in total. The second-order valence-corrected chi connectivity index (χ2v) is 5.68. The van der Waals surface area contributed by atoms with Gasteiger partial charge in [-0.05, 0) is 42.3 Å². The van der Waals surface area contributed by atoms with Crippen molar-refractivity contribution in [1.29, 1.82) is 0 Å². The van der Waals surface area contributed by atoms with Gasteiger partial charge in [0.1, 0.15) is 23.7 Å². The fourth-order valence-electron chi connectivity index (χ4n) is 2.77. The van der Waals surface area contributed by atoms with Crippen LogP contribution in [0.3, 0.4) is 0 Å². The molecule has 1 aromatic heterocycles. The molecule has 0 aliphatic heterocycles. The lowest BCUT2D eigenvalue weighted by Crippen LogP contribution is -2.14. The summed E-state index contributed by atoms with van der Waals surface area (Å²) in [5, 5.41) is 0.766. The van der Waals surface area contributed by atoms with E-state index in [2.05, 4.69) is 0 Å². The van der Waals surface area contributed by atoms with E-state index in [0.29, 0.717) is 22.6 Å². The number of rotatable bonds is 5. The Hall–Kier alpha value is -3.12. The fraction of sp³-hybridized carbons (Fsp3) is 0.200. The summed E-state index contributed by atoms with van der Waals surface area (Å²) in [6.07, 6.45) is 0. The van der Waals surface area contributed by atoms with E-state index >= 15 is 0 Å². The van der Waals surface area contributed by atoms with Crippen molar-refractivity contribution in [2.75, 3.05) is 20.8 Å². The van der Waals surface area contributed by atoms with Gasteiger partial charge >= 0.3 is 11.6 Å². The van der Waals surface area contributed by atoms with E-state index in [9.17, 15) is 9.59 Å². The van der Waals surface area contributed by atoms with Crippen molar-refractivity contribution < 1.29 is 23.4 Å². The zero-order chi connectivity index (χ0) is 18.7. The van der Waals surface area contributed by atoms with Gasteiger partial charge in [-0.25, -0.2) is 9.59 Å². The molecule has 0 radical (unpaired) electrons. The quantitative estimate of drug-likeness (QED) is 0.397. The van der Waals surface area contributed by atoms with E-state index in [4.69, 9.17) is 18.6 Å². The van der Waals surface area contributed by atoms with Gasteiger partial charge in [0.05, 0.1) is 12.7 Å². The monoisotopic (exact) mass is 354 g/mol. The summed E-state index contributed by atoms with van der Waals surface area (Å²) in [4.78, 5) is 24.0. The van der Waals surface area contributed by atoms with Crippen molar-refractivity contribution in [2.45, 2.75) is 6.92 Å². The van der Waals surface area contributed by atoms with E-state index in [-0.39, 0.29) is 6.61 Å². The molecule has 2 aromatic carbocycles. The minimum Gasteiger partial charge on any atom is -0.497 e. The summed E-state index contributed by atoms with van der Waals surface area (Å²) < 4.78 is 20.5. The van der Waals surface area contributed by atoms with Crippen molar-refractivity contribution in [3.8, 4) is 22.6 Å². The van der Waals surface area contributed by atoms with Crippen LogP contribution in [0, 0.1) is 6.92 Å². The molecule has 0 spiro atoms. The van der Waals surface area contributed by atoms with Crippen molar-refractivity contribution in [3.63, 3.8) is 0 Å². The van der Waals surface area contributed by atoms with Crippen molar-refractivity contribution in [2.24, 2.45) is 0 Å². The van der Waals surface area contributed by atoms with Crippen LogP contribution in [0.2, 0.25) is 0 Å². The first-order valence-electron chi connectivity index (χ1n) is 7.95. The minimum atomic E-state index is -0.527. The van der Waals surface area contributed by atoms with Gasteiger partial charge in [-0.3, -0.25) is 0 Å². The van der Waals surface area contributed by atoms with Crippen LogP contribution in [0.25, 0.3) is 22.1 Å². The van der Waals surface area contributed by atoms with Crippen LogP contribution < -0.4 is 15.1 Å². The number of benzene rings is 2. The third kappa shape index (κ3) is 3.45. The maximum Gasteiger partial charge on any atom is 0.344 e. The van der Waals surface area contributed by atoms with Gasteiger partial charge in [0.25, 0.3) is 0 Å². The zero-order valence-electron chi connectivity index (χ0n) is 14.7. The molecule has 0 atom stereocenters. The van der Waals surface area contributed by atoms with Gasteiger partial charge < -0.3 is 18.6 Å². The number of carbonyl (C=O) groups excluding carboxylic acids is 1. The standard InChI is InChI=1S/C20H18O6/c1-12-16-9-8-15(25-18(21)11-23-2)10-17(16)26-20(22)19(12)13-4-6-14(24-3)7-5-13/h4-10H,11H2,1-3H3. The van der Waals surface area contributed by atoms with E-state index in [1.807, 2.05) is 19.1 Å². The molecule has 0 unspecified atom stereocenters. The molecule has 0 amide bonds. The van der Waals surface area contributed by atoms with Gasteiger partial charge in [0.15, 0.2) is 0 Å². The highest BCUT2D eigenvalue weighted by atomic mass is 16.6. The molecule has 0 fully saturated rings. The summed E-state index contributed by atoms with van der Waals surface area (Å²) in [7, 11) is 2.99. The molecule has 0 saturated heterocycles. The summed E-state index contributed by atoms with van der Waals surface area (Å²) in [5.41, 5.74) is 1.92. The summed E-state index contributed by atoms with van der Waals surface area (Å²) in [5.74, 6) is 0.471. The van der Waals surface area contributed by atoms with Crippen molar-refractivity contribution >= 4 is 16.9 Å². The number of aryl methyl sites for hydroxylation is 1. The average Bonchev–Trinajstić information content (AvgIpc) is 2.62. The third-order valence-corrected chi connectivity index (χ3v) is 4.01. The highest BCUT2D eigenvalue weighted by Crippen LogP contribution is 2.29. The average molecular weight is 354 g/mol. The molecule has 0 bridgehead atoms. The number of carbonyl (C=O) groups is 1. The van der Waals surface area contributed by atoms with E-state index in [1.54, 1.807) is 31.4 Å². The molecular weight excluding hydrogens is 336 g/mol. The first-order valence-corrected chi connectivity index (χ1v) is 7.95. The third-order valence-electron chi connectivity index (χ3n) is 4.01. The topological polar surface area (TPSA) is 75.0 Å². The Morgan fingerprint density at radius 2 is 1.73 bits per heavy atom. The molecule has 1 heterocycles. The molecule has 0 saturated carbocycles. The molecule has 26 heavy (non-hydrogen) atoms. The maximum atomic E-state index is 12.5. The van der Waals surface area contributed by atoms with Gasteiger partial charge in [0, 0.05) is 18.6 Å². The van der Waals surface area contributed by atoms with E-state index in [0.717, 1.165) is 16.5 Å². The normalized spacial score (nSPS) is 10.7. The summed E-state index contributed by atoms with van der Waals surface area (Å²) >= 11 is 0. The van der Waals surface area contributed by atoms with Crippen LogP contribution in [-0.4, -0.2) is 26.8 Å². The predicted octanol–water partition coefficient (Wildman–Crippen LogP) is 3.33. The predicted molar refractivity (Wildman–Crippen MR) is 96.7 cm³/mol. The van der Waals surface area contributed by atoms with Crippen LogP contribution in [0.1, 0.15) is 5.56 Å². The smallest absolute Gasteiger partial charge is 0.344 e. The Morgan fingerprint density at radius 3 is 2.38 bits per heavy atom. The van der Waals surface area contributed by atoms with Gasteiger partial charge in [-0.1, -0.05) is 12.1 Å². The molecular formula is C20H18O6. The van der Waals surface area contributed by atoms with Crippen molar-refractivity contribution in [1.82, 2.24) is 0 Å². The maximum absolute atomic E-state index is 12.5. The fourth-order valence-corrected chi connectivity index (χ4v) is 2.77. The Morgan fingerprint density at radius 1 is 1.04 bits per heavy atom. The number of methoxy groups -OCH3 is 2. The van der Waals surface area contributed by atoms with Gasteiger partial charge in [-0.2, -0.15) is 0 Å². The lowest BCUT2D eigenvalue weighted by atomic mass is 9.99. The molecule has 0 aliphatic rings. The van der Waals surface area contributed by atoms with Crippen LogP contribution in [0.4, 0.5) is 0 Å². The Labute approximate surface area is 149 Å². The SMILES string of the molecule is COCC(=O)Oc1ccc2c(C)c(-c3ccc(OC)cc3)c(=O)oc2c1. The largest absolute Gasteiger partial charge is 0.497 e. The summed E-state index contributed by atoms with van der Waals surface area (Å²) in [6.45, 7) is 1.70. The zero-order valence-corrected chi connectivity index (χ0v) is 14.7.